The van der Waals surface area contributed by atoms with Crippen molar-refractivity contribution >= 4 is 22.8 Å². The number of amides is 3. The van der Waals surface area contributed by atoms with Crippen molar-refractivity contribution in [3.05, 3.63) is 71.9 Å². The fourth-order valence-electron chi connectivity index (χ4n) is 4.37. The third kappa shape index (κ3) is 5.08. The van der Waals surface area contributed by atoms with Crippen molar-refractivity contribution in [2.24, 2.45) is 0 Å². The molecular weight excluding hydrogens is 388 g/mol. The molecule has 1 fully saturated rings. The molecule has 1 aliphatic rings. The number of benzene rings is 2. The monoisotopic (exact) mass is 418 g/mol. The first-order chi connectivity index (χ1) is 15.1. The van der Waals surface area contributed by atoms with E-state index in [9.17, 15) is 9.59 Å². The van der Waals surface area contributed by atoms with E-state index in [0.29, 0.717) is 25.4 Å². The van der Waals surface area contributed by atoms with Crippen LogP contribution >= 0.6 is 0 Å². The van der Waals surface area contributed by atoms with E-state index in [4.69, 9.17) is 0 Å². The lowest BCUT2D eigenvalue weighted by atomic mass is 9.89. The Labute approximate surface area is 183 Å². The summed E-state index contributed by atoms with van der Waals surface area (Å²) in [5.41, 5.74) is 3.61. The van der Waals surface area contributed by atoms with E-state index < -0.39 is 0 Å². The van der Waals surface area contributed by atoms with Crippen molar-refractivity contribution in [3.8, 4) is 0 Å². The summed E-state index contributed by atoms with van der Waals surface area (Å²) in [6.07, 6.45) is 4.40. The smallest absolute Gasteiger partial charge is 0.317 e. The molecule has 0 aliphatic carbocycles. The van der Waals surface area contributed by atoms with Gasteiger partial charge in [0, 0.05) is 56.7 Å². The molecule has 4 rings (SSSR count). The van der Waals surface area contributed by atoms with Gasteiger partial charge >= 0.3 is 6.03 Å². The van der Waals surface area contributed by atoms with Crippen LogP contribution in [0.15, 0.2) is 60.8 Å². The number of carbonyl (C=O) groups is 2. The average molecular weight is 419 g/mol. The Morgan fingerprint density at radius 3 is 2.55 bits per heavy atom. The summed E-state index contributed by atoms with van der Waals surface area (Å²) in [5.74, 6) is 0.593. The zero-order valence-corrected chi connectivity index (χ0v) is 18.0. The van der Waals surface area contributed by atoms with Crippen LogP contribution in [0.4, 0.5) is 4.79 Å². The number of rotatable bonds is 6. The highest BCUT2D eigenvalue weighted by Gasteiger charge is 2.25. The fourth-order valence-corrected chi connectivity index (χ4v) is 4.37. The van der Waals surface area contributed by atoms with E-state index in [-0.39, 0.29) is 11.9 Å². The van der Waals surface area contributed by atoms with Gasteiger partial charge in [0.05, 0.1) is 0 Å². The number of aromatic amines is 1. The molecule has 2 N–H and O–H groups in total. The van der Waals surface area contributed by atoms with Gasteiger partial charge in [-0.15, -0.1) is 0 Å². The molecule has 1 saturated heterocycles. The Kier molecular flexibility index (Phi) is 6.55. The summed E-state index contributed by atoms with van der Waals surface area (Å²) >= 11 is 0. The van der Waals surface area contributed by atoms with Crippen molar-refractivity contribution in [2.45, 2.75) is 31.7 Å². The third-order valence-corrected chi connectivity index (χ3v) is 6.13. The van der Waals surface area contributed by atoms with E-state index >= 15 is 0 Å². The maximum atomic E-state index is 12.6. The van der Waals surface area contributed by atoms with Crippen LogP contribution in [0.5, 0.6) is 0 Å². The second-order valence-electron chi connectivity index (χ2n) is 8.27. The van der Waals surface area contributed by atoms with Gasteiger partial charge in [0.2, 0.25) is 5.91 Å². The van der Waals surface area contributed by atoms with E-state index in [2.05, 4.69) is 34.7 Å². The number of aromatic nitrogens is 1. The molecule has 0 bridgehead atoms. The zero-order chi connectivity index (χ0) is 21.6. The molecule has 3 aromatic rings. The van der Waals surface area contributed by atoms with Gasteiger partial charge in [-0.1, -0.05) is 48.5 Å². The Morgan fingerprint density at radius 1 is 1.06 bits per heavy atom. The first-order valence-electron chi connectivity index (χ1n) is 11.0. The topological polar surface area (TPSA) is 68.4 Å². The Balaban J connectivity index is 1.20. The summed E-state index contributed by atoms with van der Waals surface area (Å²) in [4.78, 5) is 31.8. The zero-order valence-electron chi connectivity index (χ0n) is 18.0. The van der Waals surface area contributed by atoms with Gasteiger partial charge in [-0.05, 0) is 36.0 Å². The molecule has 0 saturated carbocycles. The molecule has 0 atom stereocenters. The first kappa shape index (κ1) is 21.0. The molecule has 3 amide bonds. The molecule has 6 heteroatoms. The molecule has 0 radical (unpaired) electrons. The van der Waals surface area contributed by atoms with Crippen LogP contribution < -0.4 is 5.32 Å². The van der Waals surface area contributed by atoms with Crippen molar-refractivity contribution in [1.82, 2.24) is 20.1 Å². The van der Waals surface area contributed by atoms with Gasteiger partial charge in [-0.3, -0.25) is 4.79 Å². The summed E-state index contributed by atoms with van der Waals surface area (Å²) in [5, 5.41) is 4.15. The fraction of sp³-hybridized carbons (Fsp3) is 0.360. The maximum absolute atomic E-state index is 12.6. The standard InChI is InChI=1S/C25H30N4O2/c1-28(18-19-7-3-2-4-8-19)25(31)26-14-11-24(30)29-15-12-20(13-16-29)22-17-27-23-10-6-5-9-21(22)23/h2-10,17,20,27H,11-16,18H2,1H3,(H,26,31). The summed E-state index contributed by atoms with van der Waals surface area (Å²) in [6, 6.07) is 18.1. The lowest BCUT2D eigenvalue weighted by molar-refractivity contribution is -0.132. The number of urea groups is 1. The predicted molar refractivity (Wildman–Crippen MR) is 123 cm³/mol. The number of fused-ring (bicyclic) bond motifs is 1. The lowest BCUT2D eigenvalue weighted by Gasteiger charge is -2.32. The summed E-state index contributed by atoms with van der Waals surface area (Å²) in [6.45, 7) is 2.44. The number of H-pyrrole nitrogens is 1. The summed E-state index contributed by atoms with van der Waals surface area (Å²) < 4.78 is 0. The maximum Gasteiger partial charge on any atom is 0.317 e. The molecular formula is C25H30N4O2. The average Bonchev–Trinajstić information content (AvgIpc) is 3.24. The highest BCUT2D eigenvalue weighted by atomic mass is 16.2. The Hall–Kier alpha value is -3.28. The van der Waals surface area contributed by atoms with Gasteiger partial charge in [-0.25, -0.2) is 4.79 Å². The number of hydrogen-bond donors (Lipinski definition) is 2. The number of likely N-dealkylation sites (tertiary alicyclic amines) is 1. The molecule has 0 spiro atoms. The number of hydrogen-bond acceptors (Lipinski definition) is 2. The van der Waals surface area contributed by atoms with Crippen molar-refractivity contribution < 1.29 is 9.59 Å². The highest BCUT2D eigenvalue weighted by molar-refractivity contribution is 5.83. The second kappa shape index (κ2) is 9.69. The molecule has 31 heavy (non-hydrogen) atoms. The molecule has 2 aromatic carbocycles. The van der Waals surface area contributed by atoms with E-state index in [1.807, 2.05) is 41.3 Å². The van der Waals surface area contributed by atoms with Crippen molar-refractivity contribution in [3.63, 3.8) is 0 Å². The quantitative estimate of drug-likeness (QED) is 0.633. The summed E-state index contributed by atoms with van der Waals surface area (Å²) in [7, 11) is 1.76. The van der Waals surface area contributed by atoms with Gasteiger partial charge in [0.1, 0.15) is 0 Å². The minimum atomic E-state index is -0.158. The van der Waals surface area contributed by atoms with Crippen LogP contribution in [0.1, 0.15) is 36.3 Å². The second-order valence-corrected chi connectivity index (χ2v) is 8.27. The molecule has 6 nitrogen and oxygen atoms in total. The third-order valence-electron chi connectivity index (χ3n) is 6.13. The SMILES string of the molecule is CN(Cc1ccccc1)C(=O)NCCC(=O)N1CCC(c2c[nH]c3ccccc23)CC1. The van der Waals surface area contributed by atoms with Gasteiger partial charge in [0.25, 0.3) is 0 Å². The van der Waals surface area contributed by atoms with Crippen molar-refractivity contribution in [1.29, 1.82) is 0 Å². The van der Waals surface area contributed by atoms with E-state index in [1.54, 1.807) is 11.9 Å². The Bertz CT molecular complexity index is 1020. The number of para-hydroxylation sites is 1. The number of nitrogens with one attached hydrogen (secondary N) is 2. The lowest BCUT2D eigenvalue weighted by Crippen LogP contribution is -2.41. The predicted octanol–water partition coefficient (Wildman–Crippen LogP) is 4.11. The van der Waals surface area contributed by atoms with Crippen LogP contribution in [0.2, 0.25) is 0 Å². The van der Waals surface area contributed by atoms with Gasteiger partial charge in [0.15, 0.2) is 0 Å². The number of piperidine rings is 1. The van der Waals surface area contributed by atoms with Crippen molar-refractivity contribution in [2.75, 3.05) is 26.7 Å². The van der Waals surface area contributed by atoms with Crippen LogP contribution in [0, 0.1) is 0 Å². The molecule has 162 valence electrons. The normalized spacial score (nSPS) is 14.5. The number of nitrogens with zero attached hydrogens (tertiary/aromatic N) is 2. The number of carbonyl (C=O) groups excluding carboxylic acids is 2. The molecule has 1 aliphatic heterocycles. The Morgan fingerprint density at radius 2 is 1.77 bits per heavy atom. The molecule has 1 aromatic heterocycles. The van der Waals surface area contributed by atoms with Crippen LogP contribution in [-0.2, 0) is 11.3 Å². The molecule has 0 unspecified atom stereocenters. The van der Waals surface area contributed by atoms with E-state index in [0.717, 1.165) is 31.5 Å². The van der Waals surface area contributed by atoms with Crippen LogP contribution in [0.3, 0.4) is 0 Å². The molecule has 2 heterocycles. The van der Waals surface area contributed by atoms with Gasteiger partial charge < -0.3 is 20.1 Å². The first-order valence-corrected chi connectivity index (χ1v) is 11.0. The largest absolute Gasteiger partial charge is 0.361 e. The van der Waals surface area contributed by atoms with Gasteiger partial charge in [-0.2, -0.15) is 0 Å². The minimum absolute atomic E-state index is 0.114. The van der Waals surface area contributed by atoms with E-state index in [1.165, 1.54) is 16.5 Å². The minimum Gasteiger partial charge on any atom is -0.361 e. The highest BCUT2D eigenvalue weighted by Crippen LogP contribution is 2.33. The van der Waals surface area contributed by atoms with Crippen LogP contribution in [0.25, 0.3) is 10.9 Å². The van der Waals surface area contributed by atoms with Crippen LogP contribution in [-0.4, -0.2) is 53.4 Å².